The van der Waals surface area contributed by atoms with E-state index in [4.69, 9.17) is 0 Å². The first-order valence-electron chi connectivity index (χ1n) is 8.11. The van der Waals surface area contributed by atoms with Gasteiger partial charge in [-0.1, -0.05) is 42.5 Å². The van der Waals surface area contributed by atoms with E-state index >= 15 is 0 Å². The second kappa shape index (κ2) is 6.28. The Hall–Kier alpha value is -2.95. The number of rotatable bonds is 2. The van der Waals surface area contributed by atoms with Crippen molar-refractivity contribution in [2.24, 2.45) is 0 Å². The Labute approximate surface area is 140 Å². The molecule has 1 atom stereocenters. The number of amides is 1. The Morgan fingerprint density at radius 1 is 1.00 bits per heavy atom. The second-order valence-corrected chi connectivity index (χ2v) is 5.89. The molecule has 120 valence electrons. The molecule has 2 aromatic carbocycles. The van der Waals surface area contributed by atoms with Gasteiger partial charge >= 0.3 is 0 Å². The van der Waals surface area contributed by atoms with Crippen molar-refractivity contribution >= 4 is 22.6 Å². The van der Waals surface area contributed by atoms with Crippen molar-refractivity contribution in [3.05, 3.63) is 66.5 Å². The molecule has 5 nitrogen and oxygen atoms in total. The van der Waals surface area contributed by atoms with Gasteiger partial charge in [-0.2, -0.15) is 0 Å². The maximum Gasteiger partial charge on any atom is 0.222 e. The smallest absolute Gasteiger partial charge is 0.222 e. The fourth-order valence-electron chi connectivity index (χ4n) is 3.28. The molecule has 0 aliphatic carbocycles. The zero-order chi connectivity index (χ0) is 16.4. The fraction of sp³-hybridized carbons (Fsp3) is 0.211. The zero-order valence-corrected chi connectivity index (χ0v) is 13.2. The third-order valence-electron chi connectivity index (χ3n) is 4.41. The lowest BCUT2D eigenvalue weighted by atomic mass is 10.0. The van der Waals surface area contributed by atoms with Crippen LogP contribution in [0.2, 0.25) is 0 Å². The molecule has 0 radical (unpaired) electrons. The topological polar surface area (TPSA) is 58.1 Å². The molecule has 24 heavy (non-hydrogen) atoms. The lowest BCUT2D eigenvalue weighted by molar-refractivity contribution is -0.121. The molecule has 4 rings (SSSR count). The molecule has 0 bridgehead atoms. The minimum atomic E-state index is -0.0352. The first kappa shape index (κ1) is 14.6. The van der Waals surface area contributed by atoms with Crippen LogP contribution in [0.25, 0.3) is 10.9 Å². The van der Waals surface area contributed by atoms with Crippen LogP contribution in [0, 0.1) is 0 Å². The van der Waals surface area contributed by atoms with Gasteiger partial charge in [0.25, 0.3) is 0 Å². The summed E-state index contributed by atoms with van der Waals surface area (Å²) in [4.78, 5) is 23.3. The lowest BCUT2D eigenvalue weighted by Crippen LogP contribution is -2.31. The van der Waals surface area contributed by atoms with E-state index in [2.05, 4.69) is 32.3 Å². The van der Waals surface area contributed by atoms with Crippen LogP contribution >= 0.6 is 0 Å². The molecule has 0 saturated carbocycles. The molecule has 1 aliphatic rings. The predicted octanol–water partition coefficient (Wildman–Crippen LogP) is 2.70. The van der Waals surface area contributed by atoms with Crippen molar-refractivity contribution in [1.82, 2.24) is 15.3 Å². The summed E-state index contributed by atoms with van der Waals surface area (Å²) in [6.07, 6.45) is 2.02. The van der Waals surface area contributed by atoms with Crippen molar-refractivity contribution in [2.75, 3.05) is 18.0 Å². The molecule has 3 aromatic rings. The Balaban J connectivity index is 1.84. The molecule has 1 aliphatic heterocycles. The standard InChI is InChI=1S/C19H18N4O/c24-18-12-17(14-6-2-1-3-7-14)23(11-10-20-18)19-15-8-4-5-9-16(15)21-13-22-19/h1-9,13,17H,10-12H2,(H,20,24)/t17-/m0/s1. The van der Waals surface area contributed by atoms with Gasteiger partial charge in [-0.15, -0.1) is 0 Å². The van der Waals surface area contributed by atoms with E-state index in [1.807, 2.05) is 42.5 Å². The van der Waals surface area contributed by atoms with E-state index in [1.54, 1.807) is 6.33 Å². The number of nitrogens with zero attached hydrogens (tertiary/aromatic N) is 3. The molecule has 5 heteroatoms. The average Bonchev–Trinajstić information content (AvgIpc) is 2.83. The highest BCUT2D eigenvalue weighted by molar-refractivity contribution is 5.90. The second-order valence-electron chi connectivity index (χ2n) is 5.89. The number of hydrogen-bond donors (Lipinski definition) is 1. The molecule has 1 aromatic heterocycles. The molecular weight excluding hydrogens is 300 g/mol. The van der Waals surface area contributed by atoms with E-state index in [0.717, 1.165) is 22.3 Å². The monoisotopic (exact) mass is 318 g/mol. The first-order chi connectivity index (χ1) is 11.8. The van der Waals surface area contributed by atoms with Crippen LogP contribution in [0.4, 0.5) is 5.82 Å². The Bertz CT molecular complexity index is 860. The Morgan fingerprint density at radius 2 is 1.79 bits per heavy atom. The fourth-order valence-corrected chi connectivity index (χ4v) is 3.28. The normalized spacial score (nSPS) is 18.2. The summed E-state index contributed by atoms with van der Waals surface area (Å²) >= 11 is 0. The van der Waals surface area contributed by atoms with Crippen molar-refractivity contribution in [2.45, 2.75) is 12.5 Å². The Morgan fingerprint density at radius 3 is 2.67 bits per heavy atom. The summed E-state index contributed by atoms with van der Waals surface area (Å²) in [6, 6.07) is 18.1. The molecule has 1 N–H and O–H groups in total. The van der Waals surface area contributed by atoms with Gasteiger partial charge in [-0.25, -0.2) is 9.97 Å². The highest BCUT2D eigenvalue weighted by Crippen LogP contribution is 2.33. The molecule has 0 spiro atoms. The third-order valence-corrected chi connectivity index (χ3v) is 4.41. The van der Waals surface area contributed by atoms with Gasteiger partial charge in [0.15, 0.2) is 0 Å². The quantitative estimate of drug-likeness (QED) is 0.789. The molecule has 1 saturated heterocycles. The van der Waals surface area contributed by atoms with Gasteiger partial charge in [-0.05, 0) is 17.7 Å². The van der Waals surface area contributed by atoms with E-state index in [-0.39, 0.29) is 11.9 Å². The summed E-state index contributed by atoms with van der Waals surface area (Å²) in [5, 5.41) is 3.98. The van der Waals surface area contributed by atoms with E-state index in [0.29, 0.717) is 19.5 Å². The summed E-state index contributed by atoms with van der Waals surface area (Å²) < 4.78 is 0. The Kier molecular flexibility index (Phi) is 3.83. The maximum absolute atomic E-state index is 12.1. The first-order valence-corrected chi connectivity index (χ1v) is 8.11. The molecule has 2 heterocycles. The molecule has 1 amide bonds. The number of benzene rings is 2. The summed E-state index contributed by atoms with van der Waals surface area (Å²) in [7, 11) is 0. The van der Waals surface area contributed by atoms with Gasteiger partial charge in [0.2, 0.25) is 5.91 Å². The number of anilines is 1. The number of fused-ring (bicyclic) bond motifs is 1. The van der Waals surface area contributed by atoms with Crippen LogP contribution in [0.1, 0.15) is 18.0 Å². The van der Waals surface area contributed by atoms with Crippen LogP contribution in [-0.2, 0) is 4.79 Å². The number of hydrogen-bond acceptors (Lipinski definition) is 4. The number of para-hydroxylation sites is 1. The van der Waals surface area contributed by atoms with Crippen molar-refractivity contribution in [1.29, 1.82) is 0 Å². The van der Waals surface area contributed by atoms with E-state index in [1.165, 1.54) is 0 Å². The van der Waals surface area contributed by atoms with Gasteiger partial charge in [-0.3, -0.25) is 4.79 Å². The minimum absolute atomic E-state index is 0.0352. The molecule has 0 unspecified atom stereocenters. The summed E-state index contributed by atoms with van der Waals surface area (Å²) in [5.74, 6) is 0.954. The molecular formula is C19H18N4O. The van der Waals surface area contributed by atoms with Crippen molar-refractivity contribution in [3.63, 3.8) is 0 Å². The van der Waals surface area contributed by atoms with Crippen LogP contribution in [0.5, 0.6) is 0 Å². The third kappa shape index (κ3) is 2.69. The van der Waals surface area contributed by atoms with Crippen molar-refractivity contribution < 1.29 is 4.79 Å². The SMILES string of the molecule is O=C1C[C@@H](c2ccccc2)N(c2ncnc3ccccc23)CCN1. The highest BCUT2D eigenvalue weighted by Gasteiger charge is 2.28. The minimum Gasteiger partial charge on any atom is -0.354 e. The summed E-state index contributed by atoms with van der Waals surface area (Å²) in [6.45, 7) is 1.33. The van der Waals surface area contributed by atoms with E-state index in [9.17, 15) is 4.79 Å². The van der Waals surface area contributed by atoms with Gasteiger partial charge in [0.1, 0.15) is 12.1 Å². The number of aromatic nitrogens is 2. The number of carbonyl (C=O) groups excluding carboxylic acids is 1. The zero-order valence-electron chi connectivity index (χ0n) is 13.2. The average molecular weight is 318 g/mol. The predicted molar refractivity (Wildman–Crippen MR) is 93.7 cm³/mol. The van der Waals surface area contributed by atoms with E-state index < -0.39 is 0 Å². The van der Waals surface area contributed by atoms with Crippen LogP contribution < -0.4 is 10.2 Å². The summed E-state index contributed by atoms with van der Waals surface area (Å²) in [5.41, 5.74) is 2.04. The molecule has 1 fully saturated rings. The van der Waals surface area contributed by atoms with Crippen LogP contribution in [0.15, 0.2) is 60.9 Å². The largest absolute Gasteiger partial charge is 0.354 e. The van der Waals surface area contributed by atoms with Crippen molar-refractivity contribution in [3.8, 4) is 0 Å². The van der Waals surface area contributed by atoms with Crippen LogP contribution in [0.3, 0.4) is 0 Å². The van der Waals surface area contributed by atoms with Gasteiger partial charge in [0.05, 0.1) is 18.0 Å². The van der Waals surface area contributed by atoms with Crippen LogP contribution in [-0.4, -0.2) is 29.0 Å². The maximum atomic E-state index is 12.1. The number of nitrogens with one attached hydrogen (secondary N) is 1. The van der Waals surface area contributed by atoms with Gasteiger partial charge in [0, 0.05) is 18.5 Å². The highest BCUT2D eigenvalue weighted by atomic mass is 16.1. The lowest BCUT2D eigenvalue weighted by Gasteiger charge is -2.31. The number of carbonyl (C=O) groups is 1. The van der Waals surface area contributed by atoms with Gasteiger partial charge < -0.3 is 10.2 Å².